The van der Waals surface area contributed by atoms with E-state index in [0.29, 0.717) is 23.1 Å². The van der Waals surface area contributed by atoms with Crippen LogP contribution in [0.2, 0.25) is 0 Å². The fourth-order valence-electron chi connectivity index (χ4n) is 1.27. The van der Waals surface area contributed by atoms with E-state index < -0.39 is 5.97 Å². The summed E-state index contributed by atoms with van der Waals surface area (Å²) in [4.78, 5) is 21.6. The highest BCUT2D eigenvalue weighted by molar-refractivity contribution is 5.92. The van der Waals surface area contributed by atoms with Crippen molar-refractivity contribution >= 4 is 11.8 Å². The van der Waals surface area contributed by atoms with Gasteiger partial charge in [-0.25, -0.2) is 4.79 Å². The van der Waals surface area contributed by atoms with Crippen molar-refractivity contribution in [1.29, 1.82) is 0 Å². The lowest BCUT2D eigenvalue weighted by Crippen LogP contribution is -2.44. The van der Waals surface area contributed by atoms with E-state index >= 15 is 0 Å². The lowest BCUT2D eigenvalue weighted by molar-refractivity contribution is -0.880. The highest BCUT2D eigenvalue weighted by atomic mass is 16.4. The summed E-state index contributed by atoms with van der Waals surface area (Å²) in [6, 6.07) is 0. The molecule has 0 atom stereocenters. The van der Waals surface area contributed by atoms with Gasteiger partial charge in [0.05, 0.1) is 19.7 Å². The highest BCUT2D eigenvalue weighted by Crippen LogP contribution is 2.08. The summed E-state index contributed by atoms with van der Waals surface area (Å²) in [6.45, 7) is 9.29. The molecule has 0 rings (SSSR count). The van der Waals surface area contributed by atoms with Gasteiger partial charge in [0.2, 0.25) is 0 Å². The van der Waals surface area contributed by atoms with Gasteiger partial charge in [-0.15, -0.1) is 0 Å². The van der Waals surface area contributed by atoms with Gasteiger partial charge >= 0.3 is 5.97 Å². The number of carboxylic acid groups (broad SMARTS) is 1. The summed E-state index contributed by atoms with van der Waals surface area (Å²) in [5.41, 5.74) is 0.634. The molecule has 0 amide bonds. The van der Waals surface area contributed by atoms with E-state index in [2.05, 4.69) is 13.2 Å². The number of carbonyl (C=O) groups is 2. The Morgan fingerprint density at radius 1 is 1.13 bits per heavy atom. The average molecular weight is 212 g/mol. The molecule has 15 heavy (non-hydrogen) atoms. The summed E-state index contributed by atoms with van der Waals surface area (Å²) >= 11 is 0. The number of aliphatic carboxylic acids is 1. The van der Waals surface area contributed by atoms with Crippen molar-refractivity contribution in [3.8, 4) is 0 Å². The van der Waals surface area contributed by atoms with Gasteiger partial charge in [0.15, 0.2) is 5.78 Å². The van der Waals surface area contributed by atoms with Gasteiger partial charge < -0.3 is 9.59 Å². The molecule has 4 nitrogen and oxygen atoms in total. The first-order valence-corrected chi connectivity index (χ1v) is 4.57. The maximum Gasteiger partial charge on any atom is 0.336 e. The Morgan fingerprint density at radius 2 is 1.53 bits per heavy atom. The Bertz CT molecular complexity index is 286. The molecule has 4 heteroatoms. The largest absolute Gasteiger partial charge is 0.478 e. The van der Waals surface area contributed by atoms with E-state index in [1.807, 2.05) is 14.1 Å². The second kappa shape index (κ2) is 4.89. The minimum atomic E-state index is -1.00. The molecule has 0 aliphatic rings. The molecule has 0 aliphatic carbocycles. The molecule has 0 heterocycles. The van der Waals surface area contributed by atoms with E-state index in [-0.39, 0.29) is 11.4 Å². The molecule has 0 aliphatic heterocycles. The summed E-state index contributed by atoms with van der Waals surface area (Å²) < 4.78 is 0.365. The third kappa shape index (κ3) is 5.12. The van der Waals surface area contributed by atoms with Crippen LogP contribution in [0.5, 0.6) is 0 Å². The maximum absolute atomic E-state index is 11.0. The van der Waals surface area contributed by atoms with Crippen LogP contribution in [0.15, 0.2) is 24.3 Å². The zero-order chi connectivity index (χ0) is 12.2. The fraction of sp³-hybridized carbons (Fsp3) is 0.455. The lowest BCUT2D eigenvalue weighted by atomic mass is 10.1. The molecule has 0 unspecified atom stereocenters. The normalized spacial score (nSPS) is 10.9. The summed E-state index contributed by atoms with van der Waals surface area (Å²) in [5.74, 6) is -1.07. The maximum atomic E-state index is 11.0. The number of quaternary nitrogens is 1. The van der Waals surface area contributed by atoms with Gasteiger partial charge in [0.1, 0.15) is 13.1 Å². The number of hydrogen-bond acceptors (Lipinski definition) is 2. The molecule has 84 valence electrons. The fourth-order valence-corrected chi connectivity index (χ4v) is 1.27. The van der Waals surface area contributed by atoms with Crippen molar-refractivity contribution in [2.45, 2.75) is 6.92 Å². The van der Waals surface area contributed by atoms with E-state index in [4.69, 9.17) is 5.11 Å². The summed E-state index contributed by atoms with van der Waals surface area (Å²) in [5, 5.41) is 8.69. The zero-order valence-electron chi connectivity index (χ0n) is 9.54. The van der Waals surface area contributed by atoms with Crippen LogP contribution in [-0.2, 0) is 9.59 Å². The topological polar surface area (TPSA) is 54.4 Å². The van der Waals surface area contributed by atoms with Gasteiger partial charge in [-0.05, 0) is 6.92 Å². The van der Waals surface area contributed by atoms with Gasteiger partial charge in [-0.1, -0.05) is 13.2 Å². The van der Waals surface area contributed by atoms with Crippen molar-refractivity contribution in [3.05, 3.63) is 24.3 Å². The summed E-state index contributed by atoms with van der Waals surface area (Å²) in [7, 11) is 3.67. The minimum Gasteiger partial charge on any atom is -0.478 e. The van der Waals surface area contributed by atoms with Crippen molar-refractivity contribution in [3.63, 3.8) is 0 Å². The van der Waals surface area contributed by atoms with Crippen molar-refractivity contribution in [2.24, 2.45) is 0 Å². The Labute approximate surface area is 90.1 Å². The smallest absolute Gasteiger partial charge is 0.336 e. The molecule has 0 bridgehead atoms. The Hall–Kier alpha value is -1.42. The number of carbonyl (C=O) groups excluding carboxylic acids is 1. The molecular weight excluding hydrogens is 194 g/mol. The van der Waals surface area contributed by atoms with Crippen LogP contribution in [0.25, 0.3) is 0 Å². The van der Waals surface area contributed by atoms with Crippen molar-refractivity contribution in [1.82, 2.24) is 0 Å². The second-order valence-electron chi connectivity index (χ2n) is 4.32. The predicted molar refractivity (Wildman–Crippen MR) is 58.4 cm³/mol. The van der Waals surface area contributed by atoms with E-state index in [9.17, 15) is 9.59 Å². The van der Waals surface area contributed by atoms with Gasteiger partial charge in [0.25, 0.3) is 0 Å². The third-order valence-corrected chi connectivity index (χ3v) is 2.04. The van der Waals surface area contributed by atoms with E-state index in [1.54, 1.807) is 0 Å². The molecular formula is C11H18NO3+. The highest BCUT2D eigenvalue weighted by Gasteiger charge is 2.22. The molecule has 0 aromatic heterocycles. The summed E-state index contributed by atoms with van der Waals surface area (Å²) in [6.07, 6.45) is 0. The number of Topliss-reactive ketones (excluding diaryl/α,β-unsaturated/α-hetero) is 1. The average Bonchev–Trinajstić information content (AvgIpc) is 2.01. The predicted octanol–water partition coefficient (Wildman–Crippen LogP) is 0.849. The van der Waals surface area contributed by atoms with Crippen LogP contribution in [0.4, 0.5) is 0 Å². The standard InChI is InChI=1S/C11H17NO3/c1-8(10(3)13)6-12(4,5)7-9(2)11(14)15/h1-2,6-7H2,3-5H3/p+1. The first-order valence-electron chi connectivity index (χ1n) is 4.57. The number of carboxylic acids is 1. The van der Waals surface area contributed by atoms with Crippen LogP contribution in [0.3, 0.4) is 0 Å². The third-order valence-electron chi connectivity index (χ3n) is 2.04. The minimum absolute atomic E-state index is 0.0675. The second-order valence-corrected chi connectivity index (χ2v) is 4.32. The van der Waals surface area contributed by atoms with E-state index in [0.717, 1.165) is 0 Å². The Kier molecular flexibility index (Phi) is 4.42. The molecule has 0 fully saturated rings. The van der Waals surface area contributed by atoms with Crippen molar-refractivity contribution < 1.29 is 19.2 Å². The lowest BCUT2D eigenvalue weighted by Gasteiger charge is -2.29. The zero-order valence-corrected chi connectivity index (χ0v) is 9.54. The molecule has 0 aromatic carbocycles. The molecule has 0 saturated heterocycles. The van der Waals surface area contributed by atoms with Gasteiger partial charge in [-0.2, -0.15) is 0 Å². The van der Waals surface area contributed by atoms with Crippen LogP contribution >= 0.6 is 0 Å². The van der Waals surface area contributed by atoms with Gasteiger partial charge in [0, 0.05) is 5.57 Å². The molecule has 0 aromatic rings. The molecule has 0 spiro atoms. The first kappa shape index (κ1) is 13.6. The quantitative estimate of drug-likeness (QED) is 0.524. The van der Waals surface area contributed by atoms with Crippen LogP contribution in [-0.4, -0.2) is 48.5 Å². The molecule has 0 saturated carbocycles. The van der Waals surface area contributed by atoms with Crippen LogP contribution < -0.4 is 0 Å². The molecule has 0 radical (unpaired) electrons. The SMILES string of the molecule is C=C(C[N+](C)(C)CC(=C)C(=O)O)C(C)=O. The number of rotatable bonds is 6. The number of likely N-dealkylation sites (N-methyl/N-ethyl adjacent to an activating group) is 1. The van der Waals surface area contributed by atoms with Crippen LogP contribution in [0, 0.1) is 0 Å². The van der Waals surface area contributed by atoms with Crippen molar-refractivity contribution in [2.75, 3.05) is 27.2 Å². The Balaban J connectivity index is 4.43. The number of hydrogen-bond donors (Lipinski definition) is 1. The first-order chi connectivity index (χ1) is 6.65. The number of ketones is 1. The van der Waals surface area contributed by atoms with E-state index in [1.165, 1.54) is 6.92 Å². The monoisotopic (exact) mass is 212 g/mol. The van der Waals surface area contributed by atoms with Crippen LogP contribution in [0.1, 0.15) is 6.92 Å². The Morgan fingerprint density at radius 3 is 1.87 bits per heavy atom. The molecule has 1 N–H and O–H groups in total. The van der Waals surface area contributed by atoms with Gasteiger partial charge in [-0.3, -0.25) is 4.79 Å². The number of nitrogens with zero attached hydrogens (tertiary/aromatic N) is 1.